The van der Waals surface area contributed by atoms with Crippen molar-refractivity contribution in [1.29, 1.82) is 0 Å². The Balaban J connectivity index is -0.0000000290. The van der Waals surface area contributed by atoms with Gasteiger partial charge in [0, 0.05) is 6.61 Å². The molecule has 4 unspecified atom stereocenters. The second-order valence-corrected chi connectivity index (χ2v) is 5.56. The van der Waals surface area contributed by atoms with E-state index in [1.807, 2.05) is 6.92 Å². The van der Waals surface area contributed by atoms with Crippen molar-refractivity contribution >= 4 is 33.0 Å². The summed E-state index contributed by atoms with van der Waals surface area (Å²) in [4.78, 5) is 37.1. The molecule has 0 rings (SSSR count). The van der Waals surface area contributed by atoms with Crippen LogP contribution in [0.4, 0.5) is 0 Å². The first-order valence-electron chi connectivity index (χ1n) is 3.97. The third kappa shape index (κ3) is 74.0. The molecule has 0 saturated heterocycles. The molecule has 0 fully saturated rings. The van der Waals surface area contributed by atoms with Crippen LogP contribution in [0.2, 0.25) is 0 Å². The summed E-state index contributed by atoms with van der Waals surface area (Å²) in [6, 6.07) is 0. The molecule has 0 radical (unpaired) electrons. The molecular weight excluding hydrogens is 428 g/mol. The predicted octanol–water partition coefficient (Wildman–Crippen LogP) is -14.6. The summed E-state index contributed by atoms with van der Waals surface area (Å²) in [6.07, 6.45) is 0.875. The van der Waals surface area contributed by atoms with Crippen molar-refractivity contribution < 1.29 is 170 Å². The molecular formula is C3H12Na4O11P4. The maximum atomic E-state index is 9.29. The van der Waals surface area contributed by atoms with E-state index in [-0.39, 0.29) is 118 Å². The number of rotatable bonds is 5. The van der Waals surface area contributed by atoms with E-state index in [0.29, 0.717) is 6.61 Å². The van der Waals surface area contributed by atoms with E-state index in [0.717, 1.165) is 6.42 Å². The average molecular weight is 440 g/mol. The molecule has 0 heterocycles. The summed E-state index contributed by atoms with van der Waals surface area (Å²) in [5, 5.41) is 7.88. The summed E-state index contributed by atoms with van der Waals surface area (Å²) in [6.45, 7) is 2.25. The molecule has 22 heavy (non-hydrogen) atoms. The van der Waals surface area contributed by atoms with Gasteiger partial charge in [-0.15, -0.1) is 0 Å². The van der Waals surface area contributed by atoms with Crippen LogP contribution in [0.1, 0.15) is 13.3 Å². The van der Waals surface area contributed by atoms with Crippen LogP contribution < -0.4 is 138 Å². The van der Waals surface area contributed by atoms with Crippen LogP contribution >= 0.6 is 33.0 Å². The van der Waals surface area contributed by atoms with Gasteiger partial charge < -0.3 is 42.9 Å². The first kappa shape index (κ1) is 45.4. The van der Waals surface area contributed by atoms with Crippen molar-refractivity contribution in [2.24, 2.45) is 0 Å². The normalized spacial score (nSPS) is 13.2. The Labute approximate surface area is 219 Å². The van der Waals surface area contributed by atoms with E-state index < -0.39 is 33.0 Å². The summed E-state index contributed by atoms with van der Waals surface area (Å²) < 4.78 is 43.6. The van der Waals surface area contributed by atoms with Crippen molar-refractivity contribution in [2.75, 3.05) is 6.61 Å². The predicted molar refractivity (Wildman–Crippen MR) is 55.6 cm³/mol. The minimum Gasteiger partial charge on any atom is -0.781 e. The van der Waals surface area contributed by atoms with E-state index in [1.165, 1.54) is 0 Å². The van der Waals surface area contributed by atoms with Gasteiger partial charge in [0.2, 0.25) is 0 Å². The van der Waals surface area contributed by atoms with Gasteiger partial charge in [-0.1, -0.05) is 6.92 Å². The molecule has 0 aliphatic carbocycles. The molecule has 0 spiro atoms. The van der Waals surface area contributed by atoms with Gasteiger partial charge in [-0.3, -0.25) is 8.62 Å². The van der Waals surface area contributed by atoms with E-state index >= 15 is 0 Å². The number of hydrogen-bond acceptors (Lipinski definition) is 11. The van der Waals surface area contributed by atoms with Crippen LogP contribution in [-0.4, -0.2) is 11.7 Å². The summed E-state index contributed by atoms with van der Waals surface area (Å²) in [5.74, 6) is 0. The van der Waals surface area contributed by atoms with Crippen LogP contribution in [0.3, 0.4) is 0 Å². The molecule has 1 N–H and O–H groups in total. The Morgan fingerprint density at radius 2 is 0.864 bits per heavy atom. The van der Waals surface area contributed by atoms with Crippen LogP contribution in [-0.2, 0) is 26.9 Å². The van der Waals surface area contributed by atoms with Gasteiger partial charge in [-0.2, -0.15) is 0 Å². The van der Waals surface area contributed by atoms with Gasteiger partial charge in [0.1, 0.15) is 33.0 Å². The van der Waals surface area contributed by atoms with E-state index in [9.17, 15) is 37.8 Å². The Morgan fingerprint density at radius 3 is 0.864 bits per heavy atom. The van der Waals surface area contributed by atoms with Gasteiger partial charge in [-0.25, -0.2) is 0 Å². The topological polar surface area (TPSA) is 199 Å². The average Bonchev–Trinajstić information content (AvgIpc) is 2.14. The maximum Gasteiger partial charge on any atom is 1.00 e. The van der Waals surface area contributed by atoms with Crippen LogP contribution in [0.25, 0.3) is 0 Å². The second-order valence-electron chi connectivity index (χ2n) is 1.93. The first-order chi connectivity index (χ1) is 8.17. The number of aliphatic hydroxyl groups is 1. The van der Waals surface area contributed by atoms with Gasteiger partial charge >= 0.3 is 118 Å². The number of aliphatic hydroxyl groups excluding tert-OH is 1. The molecule has 0 aromatic heterocycles. The van der Waals surface area contributed by atoms with Crippen molar-refractivity contribution in [3.05, 3.63) is 0 Å². The maximum absolute atomic E-state index is 9.29. The third-order valence-corrected chi connectivity index (χ3v) is 3.22. The van der Waals surface area contributed by atoms with Crippen molar-refractivity contribution in [3.63, 3.8) is 0 Å². The molecule has 0 aromatic carbocycles. The molecule has 0 aliphatic heterocycles. The molecule has 114 valence electrons. The van der Waals surface area contributed by atoms with E-state index in [4.69, 9.17) is 5.11 Å². The minimum absolute atomic E-state index is 0. The fourth-order valence-electron chi connectivity index (χ4n) is 0.136. The fraction of sp³-hybridized carbons (Fsp3) is 1.00. The van der Waals surface area contributed by atoms with Crippen molar-refractivity contribution in [3.8, 4) is 0 Å². The van der Waals surface area contributed by atoms with Crippen LogP contribution in [0, 0.1) is 0 Å². The molecule has 0 bridgehead atoms. The summed E-state index contributed by atoms with van der Waals surface area (Å²) in [7, 11) is -14.1. The fourth-order valence-corrected chi connectivity index (χ4v) is 1.22. The second kappa shape index (κ2) is 36.5. The van der Waals surface area contributed by atoms with Gasteiger partial charge in [0.15, 0.2) is 0 Å². The standard InChI is InChI=1S/C3H8O.4Na.2H4O5P2/c1-2-3-4;;;;;2*1-6(2)5-7(3)4/h4H,2-3H2,1H3;;;;;2*6-7H,(H,1,2)(H,3,4)/q;4*+1;;/p-4. The van der Waals surface area contributed by atoms with E-state index in [2.05, 4.69) is 8.62 Å². The van der Waals surface area contributed by atoms with Crippen molar-refractivity contribution in [2.45, 2.75) is 13.3 Å². The van der Waals surface area contributed by atoms with Gasteiger partial charge in [-0.05, 0) is 6.42 Å². The van der Waals surface area contributed by atoms with Crippen LogP contribution in [0.5, 0.6) is 0 Å². The van der Waals surface area contributed by atoms with E-state index in [1.54, 1.807) is 0 Å². The van der Waals surface area contributed by atoms with Crippen LogP contribution in [0.15, 0.2) is 0 Å². The van der Waals surface area contributed by atoms with Gasteiger partial charge in [0.05, 0.1) is 0 Å². The molecule has 0 aliphatic rings. The third-order valence-electron chi connectivity index (χ3n) is 0.557. The Morgan fingerprint density at radius 1 is 0.727 bits per heavy atom. The largest absolute Gasteiger partial charge is 1.00 e. The Hall–Kier alpha value is 4.64. The Kier molecular flexibility index (Phi) is 75.4. The zero-order valence-electron chi connectivity index (χ0n) is 12.9. The number of hydrogen-bond donors (Lipinski definition) is 1. The van der Waals surface area contributed by atoms with Gasteiger partial charge in [0.25, 0.3) is 0 Å². The molecule has 4 atom stereocenters. The monoisotopic (exact) mass is 440 g/mol. The zero-order chi connectivity index (χ0) is 15.1. The quantitative estimate of drug-likeness (QED) is 0.315. The molecule has 0 aromatic rings. The SMILES string of the molecule is CCCO.O=[PH]([O-])O[PH](=O)[O-].O=[PH]([O-])O[PH](=O)[O-].[Na+].[Na+].[Na+].[Na+]. The molecule has 0 amide bonds. The Bertz CT molecular complexity index is 241. The molecule has 19 heteroatoms. The summed E-state index contributed by atoms with van der Waals surface area (Å²) in [5.41, 5.74) is 0. The minimum atomic E-state index is -3.51. The molecule has 11 nitrogen and oxygen atoms in total. The summed E-state index contributed by atoms with van der Waals surface area (Å²) >= 11 is 0. The zero-order valence-corrected chi connectivity index (χ0v) is 24.9. The van der Waals surface area contributed by atoms with Crippen molar-refractivity contribution in [1.82, 2.24) is 0 Å². The molecule has 0 saturated carbocycles. The first-order valence-corrected chi connectivity index (χ1v) is 8.87. The smallest absolute Gasteiger partial charge is 0.781 e.